The van der Waals surface area contributed by atoms with Crippen molar-refractivity contribution in [2.75, 3.05) is 12.4 Å². The summed E-state index contributed by atoms with van der Waals surface area (Å²) in [6.07, 6.45) is 1.91. The molecule has 1 rings (SSSR count). The minimum atomic E-state index is -0.283. The molecule has 0 aliphatic heterocycles. The van der Waals surface area contributed by atoms with Gasteiger partial charge in [-0.15, -0.1) is 0 Å². The molecule has 3 heteroatoms. The van der Waals surface area contributed by atoms with E-state index in [0.29, 0.717) is 5.75 Å². The number of hydrogen-bond donors (Lipinski definition) is 0. The van der Waals surface area contributed by atoms with Crippen molar-refractivity contribution in [1.82, 2.24) is 0 Å². The predicted octanol–water partition coefficient (Wildman–Crippen LogP) is 3.16. The average molecular weight is 247 g/mol. The first-order chi connectivity index (χ1) is 6.27. The summed E-state index contributed by atoms with van der Waals surface area (Å²) in [5, 5.41) is 0.945. The van der Waals surface area contributed by atoms with Crippen LogP contribution in [0.3, 0.4) is 0 Å². The largest absolute Gasteiger partial charge is 0.494 e. The topological polar surface area (TPSA) is 9.23 Å². The zero-order valence-electron chi connectivity index (χ0n) is 7.52. The van der Waals surface area contributed by atoms with Crippen LogP contribution in [0.4, 0.5) is 4.39 Å². The van der Waals surface area contributed by atoms with Crippen LogP contribution in [0.5, 0.6) is 5.75 Å². The fourth-order valence-corrected chi connectivity index (χ4v) is 1.42. The van der Waals surface area contributed by atoms with Crippen molar-refractivity contribution >= 4 is 15.9 Å². The van der Waals surface area contributed by atoms with Crippen LogP contribution in [0.25, 0.3) is 0 Å². The van der Waals surface area contributed by atoms with E-state index in [1.165, 1.54) is 13.2 Å². The fourth-order valence-electron chi connectivity index (χ4n) is 1.14. The van der Waals surface area contributed by atoms with Gasteiger partial charge in [0, 0.05) is 5.33 Å². The van der Waals surface area contributed by atoms with Crippen molar-refractivity contribution in [3.63, 3.8) is 0 Å². The number of rotatable bonds is 4. The minimum absolute atomic E-state index is 0.283. The molecule has 0 unspecified atom stereocenters. The second-order valence-electron chi connectivity index (χ2n) is 2.76. The van der Waals surface area contributed by atoms with Gasteiger partial charge in [0.25, 0.3) is 0 Å². The van der Waals surface area contributed by atoms with Crippen molar-refractivity contribution in [3.8, 4) is 5.75 Å². The number of benzene rings is 1. The molecule has 0 heterocycles. The Morgan fingerprint density at radius 2 is 2.23 bits per heavy atom. The van der Waals surface area contributed by atoms with Crippen LogP contribution in [-0.2, 0) is 6.42 Å². The Bertz CT molecular complexity index is 276. The third-order valence-corrected chi connectivity index (χ3v) is 2.38. The standard InChI is InChI=1S/C10H12BrFO/c1-13-10-5-4-8(3-2-6-11)7-9(10)12/h4-5,7H,2-3,6H2,1H3. The molecule has 0 spiro atoms. The first-order valence-corrected chi connectivity index (χ1v) is 5.28. The lowest BCUT2D eigenvalue weighted by Gasteiger charge is -2.03. The van der Waals surface area contributed by atoms with Gasteiger partial charge in [-0.1, -0.05) is 22.0 Å². The van der Waals surface area contributed by atoms with Crippen LogP contribution in [0.2, 0.25) is 0 Å². The lowest BCUT2D eigenvalue weighted by atomic mass is 10.1. The van der Waals surface area contributed by atoms with Crippen molar-refractivity contribution in [2.24, 2.45) is 0 Å². The van der Waals surface area contributed by atoms with Gasteiger partial charge in [0.2, 0.25) is 0 Å². The Morgan fingerprint density at radius 3 is 2.77 bits per heavy atom. The van der Waals surface area contributed by atoms with E-state index in [0.717, 1.165) is 23.7 Å². The number of alkyl halides is 1. The summed E-state index contributed by atoms with van der Waals surface area (Å²) in [5.74, 6) is 0.0252. The molecule has 1 nitrogen and oxygen atoms in total. The molecule has 0 bridgehead atoms. The molecule has 1 aromatic rings. The molecule has 0 saturated heterocycles. The van der Waals surface area contributed by atoms with Gasteiger partial charge < -0.3 is 4.74 Å². The first kappa shape index (κ1) is 10.5. The maximum Gasteiger partial charge on any atom is 0.165 e. The second-order valence-corrected chi connectivity index (χ2v) is 3.55. The lowest BCUT2D eigenvalue weighted by Crippen LogP contribution is -1.91. The van der Waals surface area contributed by atoms with E-state index in [1.54, 1.807) is 6.07 Å². The fraction of sp³-hybridized carbons (Fsp3) is 0.400. The summed E-state index contributed by atoms with van der Waals surface area (Å²) >= 11 is 3.34. The normalized spacial score (nSPS) is 10.1. The van der Waals surface area contributed by atoms with E-state index in [9.17, 15) is 4.39 Å². The van der Waals surface area contributed by atoms with Gasteiger partial charge in [-0.2, -0.15) is 0 Å². The maximum absolute atomic E-state index is 13.1. The monoisotopic (exact) mass is 246 g/mol. The van der Waals surface area contributed by atoms with E-state index in [4.69, 9.17) is 4.74 Å². The van der Waals surface area contributed by atoms with Crippen LogP contribution in [0, 0.1) is 5.82 Å². The molecular weight excluding hydrogens is 235 g/mol. The Morgan fingerprint density at radius 1 is 1.46 bits per heavy atom. The van der Waals surface area contributed by atoms with Crippen LogP contribution in [-0.4, -0.2) is 12.4 Å². The van der Waals surface area contributed by atoms with Crippen LogP contribution in [0.15, 0.2) is 18.2 Å². The van der Waals surface area contributed by atoms with Crippen LogP contribution < -0.4 is 4.74 Å². The highest BCUT2D eigenvalue weighted by Gasteiger charge is 2.02. The van der Waals surface area contributed by atoms with Gasteiger partial charge in [0.1, 0.15) is 0 Å². The molecular formula is C10H12BrFO. The zero-order valence-corrected chi connectivity index (χ0v) is 9.10. The highest BCUT2D eigenvalue weighted by Crippen LogP contribution is 2.18. The summed E-state index contributed by atoms with van der Waals surface area (Å²) in [7, 11) is 1.47. The highest BCUT2D eigenvalue weighted by molar-refractivity contribution is 9.09. The quantitative estimate of drug-likeness (QED) is 0.742. The van der Waals surface area contributed by atoms with Crippen molar-refractivity contribution in [1.29, 1.82) is 0 Å². The van der Waals surface area contributed by atoms with Crippen molar-refractivity contribution < 1.29 is 9.13 Å². The minimum Gasteiger partial charge on any atom is -0.494 e. The summed E-state index contributed by atoms with van der Waals surface area (Å²) in [6.45, 7) is 0. The third-order valence-electron chi connectivity index (χ3n) is 1.82. The van der Waals surface area contributed by atoms with Crippen molar-refractivity contribution in [3.05, 3.63) is 29.6 Å². The van der Waals surface area contributed by atoms with E-state index in [1.807, 2.05) is 6.07 Å². The Labute approximate surface area is 86.0 Å². The number of aryl methyl sites for hydroxylation is 1. The van der Waals surface area contributed by atoms with Crippen LogP contribution >= 0.6 is 15.9 Å². The maximum atomic E-state index is 13.1. The SMILES string of the molecule is COc1ccc(CCCBr)cc1F. The van der Waals surface area contributed by atoms with Gasteiger partial charge in [0.05, 0.1) is 7.11 Å². The Hall–Kier alpha value is -0.570. The summed E-state index contributed by atoms with van der Waals surface area (Å²) in [6, 6.07) is 5.09. The third kappa shape index (κ3) is 2.99. The highest BCUT2D eigenvalue weighted by atomic mass is 79.9. The lowest BCUT2D eigenvalue weighted by molar-refractivity contribution is 0.386. The molecule has 13 heavy (non-hydrogen) atoms. The zero-order chi connectivity index (χ0) is 9.68. The van der Waals surface area contributed by atoms with Gasteiger partial charge in [-0.05, 0) is 30.5 Å². The average Bonchev–Trinajstić information content (AvgIpc) is 2.15. The van der Waals surface area contributed by atoms with Gasteiger partial charge >= 0.3 is 0 Å². The summed E-state index contributed by atoms with van der Waals surface area (Å²) in [5.41, 5.74) is 1.01. The molecule has 0 aliphatic carbocycles. The van der Waals surface area contributed by atoms with E-state index in [-0.39, 0.29) is 5.82 Å². The van der Waals surface area contributed by atoms with Gasteiger partial charge in [-0.3, -0.25) is 0 Å². The van der Waals surface area contributed by atoms with E-state index >= 15 is 0 Å². The summed E-state index contributed by atoms with van der Waals surface area (Å²) < 4.78 is 18.0. The number of halogens is 2. The number of ether oxygens (including phenoxy) is 1. The molecule has 0 aliphatic rings. The van der Waals surface area contributed by atoms with E-state index < -0.39 is 0 Å². The first-order valence-electron chi connectivity index (χ1n) is 4.16. The molecule has 0 N–H and O–H groups in total. The molecule has 0 amide bonds. The molecule has 0 radical (unpaired) electrons. The number of hydrogen-bond acceptors (Lipinski definition) is 1. The molecule has 72 valence electrons. The Kier molecular flexibility index (Phi) is 4.22. The smallest absolute Gasteiger partial charge is 0.165 e. The molecule has 0 aromatic heterocycles. The number of methoxy groups -OCH3 is 1. The predicted molar refractivity (Wildman–Crippen MR) is 55.1 cm³/mol. The second kappa shape index (κ2) is 5.22. The van der Waals surface area contributed by atoms with E-state index in [2.05, 4.69) is 15.9 Å². The van der Waals surface area contributed by atoms with Crippen molar-refractivity contribution in [2.45, 2.75) is 12.8 Å². The molecule has 0 fully saturated rings. The molecule has 1 aromatic carbocycles. The van der Waals surface area contributed by atoms with Crippen LogP contribution in [0.1, 0.15) is 12.0 Å². The van der Waals surface area contributed by atoms with Gasteiger partial charge in [-0.25, -0.2) is 4.39 Å². The molecule has 0 saturated carbocycles. The van der Waals surface area contributed by atoms with Gasteiger partial charge in [0.15, 0.2) is 11.6 Å². The Balaban J connectivity index is 2.71. The summed E-state index contributed by atoms with van der Waals surface area (Å²) in [4.78, 5) is 0. The molecule has 0 atom stereocenters.